The van der Waals surface area contributed by atoms with E-state index in [0.29, 0.717) is 17.8 Å². The number of ether oxygens (including phenoxy) is 1. The number of fused-ring (bicyclic) bond motifs is 1. The van der Waals surface area contributed by atoms with Crippen LogP contribution in [0, 0.1) is 0 Å². The van der Waals surface area contributed by atoms with E-state index in [-0.39, 0.29) is 4.90 Å². The standard InChI is InChI=1S/C21H24BrN3O3S/c1-23(2)11-12-24(3)14-16-15-25(21-10-5-17(22)13-20(16)21)29(26,27)19-8-6-18(28-4)7-9-19/h5-13,15H,14H2,1-4H3/b12-11+. The third-order valence-electron chi connectivity index (χ3n) is 4.47. The quantitative estimate of drug-likeness (QED) is 0.512. The Morgan fingerprint density at radius 1 is 1.07 bits per heavy atom. The van der Waals surface area contributed by atoms with Gasteiger partial charge in [0.15, 0.2) is 0 Å². The summed E-state index contributed by atoms with van der Waals surface area (Å²) in [7, 11) is 3.67. The van der Waals surface area contributed by atoms with E-state index in [2.05, 4.69) is 15.9 Å². The molecule has 154 valence electrons. The normalized spacial score (nSPS) is 11.9. The summed E-state index contributed by atoms with van der Waals surface area (Å²) in [5.41, 5.74) is 1.56. The number of aromatic nitrogens is 1. The molecule has 8 heteroatoms. The fourth-order valence-electron chi connectivity index (χ4n) is 2.99. The Balaban J connectivity index is 2.08. The first-order valence-corrected chi connectivity index (χ1v) is 11.2. The van der Waals surface area contributed by atoms with Crippen LogP contribution in [0.2, 0.25) is 0 Å². The number of hydrogen-bond acceptors (Lipinski definition) is 5. The molecule has 6 nitrogen and oxygen atoms in total. The molecule has 0 radical (unpaired) electrons. The molecule has 3 rings (SSSR count). The molecule has 1 aromatic heterocycles. The van der Waals surface area contributed by atoms with Gasteiger partial charge in [-0.3, -0.25) is 0 Å². The van der Waals surface area contributed by atoms with Crippen LogP contribution in [-0.4, -0.2) is 50.4 Å². The van der Waals surface area contributed by atoms with Gasteiger partial charge in [0.2, 0.25) is 0 Å². The lowest BCUT2D eigenvalue weighted by Gasteiger charge is -2.15. The van der Waals surface area contributed by atoms with E-state index < -0.39 is 10.0 Å². The fourth-order valence-corrected chi connectivity index (χ4v) is 4.75. The molecule has 0 aliphatic heterocycles. The first kappa shape index (κ1) is 21.3. The maximum absolute atomic E-state index is 13.3. The highest BCUT2D eigenvalue weighted by Gasteiger charge is 2.22. The Hall–Kier alpha value is -2.45. The molecule has 0 saturated heterocycles. The lowest BCUT2D eigenvalue weighted by molar-refractivity contribution is 0.414. The average Bonchev–Trinajstić information content (AvgIpc) is 3.04. The molecule has 0 spiro atoms. The van der Waals surface area contributed by atoms with E-state index in [1.807, 2.05) is 61.5 Å². The fraction of sp³-hybridized carbons (Fsp3) is 0.238. The Morgan fingerprint density at radius 2 is 1.76 bits per heavy atom. The number of rotatable bonds is 7. The van der Waals surface area contributed by atoms with Crippen LogP contribution in [0.25, 0.3) is 10.9 Å². The van der Waals surface area contributed by atoms with Crippen LogP contribution < -0.4 is 4.74 Å². The van der Waals surface area contributed by atoms with Gasteiger partial charge in [0.25, 0.3) is 10.0 Å². The summed E-state index contributed by atoms with van der Waals surface area (Å²) >= 11 is 3.50. The van der Waals surface area contributed by atoms with E-state index >= 15 is 0 Å². The van der Waals surface area contributed by atoms with Crippen LogP contribution in [0.4, 0.5) is 0 Å². The Morgan fingerprint density at radius 3 is 2.38 bits per heavy atom. The van der Waals surface area contributed by atoms with E-state index in [1.54, 1.807) is 37.6 Å². The molecular weight excluding hydrogens is 454 g/mol. The summed E-state index contributed by atoms with van der Waals surface area (Å²) in [6.07, 6.45) is 5.61. The highest BCUT2D eigenvalue weighted by molar-refractivity contribution is 9.10. The molecule has 2 aromatic carbocycles. The predicted octanol–water partition coefficient (Wildman–Crippen LogP) is 4.11. The van der Waals surface area contributed by atoms with Crippen molar-refractivity contribution in [2.24, 2.45) is 0 Å². The van der Waals surface area contributed by atoms with Gasteiger partial charge in [0.05, 0.1) is 17.5 Å². The van der Waals surface area contributed by atoms with Gasteiger partial charge in [0.1, 0.15) is 5.75 Å². The molecule has 29 heavy (non-hydrogen) atoms. The highest BCUT2D eigenvalue weighted by atomic mass is 79.9. The second kappa shape index (κ2) is 8.51. The maximum atomic E-state index is 13.3. The van der Waals surface area contributed by atoms with Crippen molar-refractivity contribution >= 4 is 36.9 Å². The summed E-state index contributed by atoms with van der Waals surface area (Å²) in [6, 6.07) is 12.0. The number of methoxy groups -OCH3 is 1. The molecule has 0 atom stereocenters. The van der Waals surface area contributed by atoms with Crippen molar-refractivity contribution in [3.05, 3.63) is 71.1 Å². The molecule has 0 aliphatic carbocycles. The summed E-state index contributed by atoms with van der Waals surface area (Å²) in [4.78, 5) is 4.18. The summed E-state index contributed by atoms with van der Waals surface area (Å²) < 4.78 is 34.0. The Bertz CT molecular complexity index is 1140. The van der Waals surface area contributed by atoms with Gasteiger partial charge in [-0.15, -0.1) is 0 Å². The molecule has 0 unspecified atom stereocenters. The molecular formula is C21H24BrN3O3S. The predicted molar refractivity (Wildman–Crippen MR) is 120 cm³/mol. The van der Waals surface area contributed by atoms with Gasteiger partial charge < -0.3 is 14.5 Å². The zero-order valence-electron chi connectivity index (χ0n) is 16.8. The van der Waals surface area contributed by atoms with Gasteiger partial charge >= 0.3 is 0 Å². The van der Waals surface area contributed by atoms with Crippen LogP contribution in [0.15, 0.2) is 70.4 Å². The smallest absolute Gasteiger partial charge is 0.268 e. The van der Waals surface area contributed by atoms with Gasteiger partial charge in [-0.2, -0.15) is 0 Å². The highest BCUT2D eigenvalue weighted by Crippen LogP contribution is 2.30. The number of hydrogen-bond donors (Lipinski definition) is 0. The van der Waals surface area contributed by atoms with Crippen molar-refractivity contribution in [1.29, 1.82) is 0 Å². The average molecular weight is 478 g/mol. The van der Waals surface area contributed by atoms with Crippen molar-refractivity contribution < 1.29 is 13.2 Å². The van der Waals surface area contributed by atoms with E-state index in [9.17, 15) is 8.42 Å². The van der Waals surface area contributed by atoms with Crippen LogP contribution >= 0.6 is 15.9 Å². The molecule has 0 bridgehead atoms. The third kappa shape index (κ3) is 4.59. The third-order valence-corrected chi connectivity index (χ3v) is 6.65. The molecule has 0 fully saturated rings. The first-order valence-electron chi connectivity index (χ1n) is 8.96. The van der Waals surface area contributed by atoms with Crippen molar-refractivity contribution in [2.45, 2.75) is 11.4 Å². The van der Waals surface area contributed by atoms with Crippen molar-refractivity contribution in [1.82, 2.24) is 13.8 Å². The minimum Gasteiger partial charge on any atom is -0.497 e. The molecule has 0 N–H and O–H groups in total. The SMILES string of the molecule is COc1ccc(S(=O)(=O)n2cc(CN(C)/C=C/N(C)C)c3cc(Br)ccc32)cc1. The first-order chi connectivity index (χ1) is 13.7. The minimum absolute atomic E-state index is 0.213. The second-order valence-corrected chi connectivity index (χ2v) is 9.70. The monoisotopic (exact) mass is 477 g/mol. The second-order valence-electron chi connectivity index (χ2n) is 6.97. The molecule has 1 heterocycles. The molecule has 0 amide bonds. The summed E-state index contributed by atoms with van der Waals surface area (Å²) in [5.74, 6) is 0.611. The number of halogens is 1. The van der Waals surface area contributed by atoms with Crippen molar-refractivity contribution in [2.75, 3.05) is 28.3 Å². The zero-order valence-corrected chi connectivity index (χ0v) is 19.2. The summed E-state index contributed by atoms with van der Waals surface area (Å²) in [6.45, 7) is 0.572. The van der Waals surface area contributed by atoms with Gasteiger partial charge in [0, 0.05) is 56.1 Å². The molecule has 0 aliphatic rings. The van der Waals surface area contributed by atoms with Crippen LogP contribution in [-0.2, 0) is 16.6 Å². The minimum atomic E-state index is -3.74. The zero-order chi connectivity index (χ0) is 21.2. The molecule has 0 saturated carbocycles. The van der Waals surface area contributed by atoms with Crippen LogP contribution in [0.5, 0.6) is 5.75 Å². The van der Waals surface area contributed by atoms with Gasteiger partial charge in [-0.05, 0) is 48.0 Å². The Kier molecular flexibility index (Phi) is 6.24. The van der Waals surface area contributed by atoms with E-state index in [4.69, 9.17) is 4.74 Å². The van der Waals surface area contributed by atoms with Crippen LogP contribution in [0.3, 0.4) is 0 Å². The van der Waals surface area contributed by atoms with Crippen LogP contribution in [0.1, 0.15) is 5.56 Å². The van der Waals surface area contributed by atoms with Crippen molar-refractivity contribution in [3.63, 3.8) is 0 Å². The Labute approximate surface area is 180 Å². The molecule has 3 aromatic rings. The lowest BCUT2D eigenvalue weighted by Crippen LogP contribution is -2.13. The summed E-state index contributed by atoms with van der Waals surface area (Å²) in [5, 5.41) is 0.890. The van der Waals surface area contributed by atoms with Gasteiger partial charge in [-0.25, -0.2) is 12.4 Å². The van der Waals surface area contributed by atoms with E-state index in [1.165, 1.54) is 3.97 Å². The van der Waals surface area contributed by atoms with Crippen molar-refractivity contribution in [3.8, 4) is 5.75 Å². The largest absolute Gasteiger partial charge is 0.497 e. The maximum Gasteiger partial charge on any atom is 0.268 e. The lowest BCUT2D eigenvalue weighted by atomic mass is 10.2. The topological polar surface area (TPSA) is 54.8 Å². The van der Waals surface area contributed by atoms with Gasteiger partial charge in [-0.1, -0.05) is 15.9 Å². The van der Waals surface area contributed by atoms with E-state index in [0.717, 1.165) is 15.4 Å². The number of benzene rings is 2. The number of nitrogens with zero attached hydrogens (tertiary/aromatic N) is 3.